The maximum atomic E-state index is 12.3. The van der Waals surface area contributed by atoms with Gasteiger partial charge in [-0.25, -0.2) is 8.42 Å². The van der Waals surface area contributed by atoms with Crippen molar-refractivity contribution in [1.29, 1.82) is 0 Å². The van der Waals surface area contributed by atoms with E-state index in [0.29, 0.717) is 19.4 Å². The average Bonchev–Trinajstić information content (AvgIpc) is 2.93. The van der Waals surface area contributed by atoms with Crippen molar-refractivity contribution in [3.8, 4) is 0 Å². The van der Waals surface area contributed by atoms with Crippen LogP contribution < -0.4 is 0 Å². The van der Waals surface area contributed by atoms with Crippen LogP contribution in [0.3, 0.4) is 0 Å². The van der Waals surface area contributed by atoms with Gasteiger partial charge >= 0.3 is 5.76 Å². The second-order valence-electron chi connectivity index (χ2n) is 3.89. The van der Waals surface area contributed by atoms with Crippen LogP contribution in [0.25, 0.3) is 0 Å². The highest BCUT2D eigenvalue weighted by molar-refractivity contribution is 7.93. The van der Waals surface area contributed by atoms with Crippen molar-refractivity contribution in [2.75, 3.05) is 13.2 Å². The molecular formula is C9H16F2O3S. The van der Waals surface area contributed by atoms with E-state index in [1.54, 1.807) is 0 Å². The third kappa shape index (κ3) is 2.66. The lowest BCUT2D eigenvalue weighted by Gasteiger charge is -2.15. The molecule has 1 fully saturated rings. The second kappa shape index (κ2) is 4.74. The molecule has 0 unspecified atom stereocenters. The minimum Gasteiger partial charge on any atom is -0.380 e. The van der Waals surface area contributed by atoms with Crippen molar-refractivity contribution in [3.05, 3.63) is 0 Å². The third-order valence-electron chi connectivity index (χ3n) is 2.65. The predicted octanol–water partition coefficient (Wildman–Crippen LogP) is 1.97. The van der Waals surface area contributed by atoms with Crippen LogP contribution in [0, 0.1) is 0 Å². The standard InChI is InChI=1S/C9H16F2O3S/c1-2-3-6-14-7-9(4-5-9)15(12,13)8(10)11/h8H,2-7H2,1H3. The monoisotopic (exact) mass is 242 g/mol. The zero-order valence-electron chi connectivity index (χ0n) is 8.71. The fourth-order valence-corrected chi connectivity index (χ4v) is 2.64. The van der Waals surface area contributed by atoms with E-state index in [4.69, 9.17) is 4.74 Å². The Balaban J connectivity index is 2.47. The molecule has 0 aromatic heterocycles. The molecule has 0 radical (unpaired) electrons. The summed E-state index contributed by atoms with van der Waals surface area (Å²) < 4.78 is 50.9. The molecule has 0 spiro atoms. The van der Waals surface area contributed by atoms with Crippen molar-refractivity contribution in [3.63, 3.8) is 0 Å². The highest BCUT2D eigenvalue weighted by Crippen LogP contribution is 2.46. The summed E-state index contributed by atoms with van der Waals surface area (Å²) in [5, 5.41) is 0. The summed E-state index contributed by atoms with van der Waals surface area (Å²) in [6, 6.07) is 0. The van der Waals surface area contributed by atoms with E-state index in [0.717, 1.165) is 12.8 Å². The summed E-state index contributed by atoms with van der Waals surface area (Å²) in [4.78, 5) is 0. The predicted molar refractivity (Wildman–Crippen MR) is 52.6 cm³/mol. The smallest absolute Gasteiger partial charge is 0.337 e. The van der Waals surface area contributed by atoms with E-state index in [9.17, 15) is 17.2 Å². The Hall–Kier alpha value is -0.230. The zero-order chi connectivity index (χ0) is 11.5. The molecule has 3 nitrogen and oxygen atoms in total. The fraction of sp³-hybridized carbons (Fsp3) is 1.00. The molecule has 0 aliphatic heterocycles. The van der Waals surface area contributed by atoms with Gasteiger partial charge in [-0.2, -0.15) is 8.78 Å². The summed E-state index contributed by atoms with van der Waals surface area (Å²) >= 11 is 0. The summed E-state index contributed by atoms with van der Waals surface area (Å²) in [6.07, 6.45) is 2.36. The Morgan fingerprint density at radius 1 is 1.40 bits per heavy atom. The number of sulfone groups is 1. The Labute approximate surface area is 88.7 Å². The van der Waals surface area contributed by atoms with Gasteiger partial charge in [0.2, 0.25) is 9.84 Å². The summed E-state index contributed by atoms with van der Waals surface area (Å²) in [6.45, 7) is 2.34. The van der Waals surface area contributed by atoms with Crippen LogP contribution in [0.15, 0.2) is 0 Å². The van der Waals surface area contributed by atoms with Gasteiger partial charge in [0.1, 0.15) is 4.75 Å². The number of hydrogen-bond acceptors (Lipinski definition) is 3. The minimum absolute atomic E-state index is 0.0837. The van der Waals surface area contributed by atoms with E-state index >= 15 is 0 Å². The fourth-order valence-electron chi connectivity index (χ4n) is 1.34. The molecule has 1 aliphatic rings. The zero-order valence-corrected chi connectivity index (χ0v) is 9.53. The van der Waals surface area contributed by atoms with E-state index in [1.165, 1.54) is 0 Å². The molecule has 6 heteroatoms. The van der Waals surface area contributed by atoms with Crippen molar-refractivity contribution in [1.82, 2.24) is 0 Å². The highest BCUT2D eigenvalue weighted by Gasteiger charge is 2.58. The molecule has 0 heterocycles. The van der Waals surface area contributed by atoms with Crippen LogP contribution >= 0.6 is 0 Å². The second-order valence-corrected chi connectivity index (χ2v) is 6.21. The largest absolute Gasteiger partial charge is 0.380 e. The van der Waals surface area contributed by atoms with Crippen molar-refractivity contribution < 1.29 is 21.9 Å². The number of hydrogen-bond donors (Lipinski definition) is 0. The Morgan fingerprint density at radius 3 is 2.40 bits per heavy atom. The molecule has 0 atom stereocenters. The summed E-state index contributed by atoms with van der Waals surface area (Å²) in [5.41, 5.74) is 0. The van der Waals surface area contributed by atoms with Crippen molar-refractivity contribution >= 4 is 9.84 Å². The van der Waals surface area contributed by atoms with E-state index in [1.807, 2.05) is 6.92 Å². The first-order valence-corrected chi connectivity index (χ1v) is 6.60. The molecule has 0 aromatic carbocycles. The number of unbranched alkanes of at least 4 members (excludes halogenated alkanes) is 1. The lowest BCUT2D eigenvalue weighted by molar-refractivity contribution is 0.124. The topological polar surface area (TPSA) is 43.4 Å². The first-order chi connectivity index (χ1) is 6.96. The Bertz CT molecular complexity index is 296. The molecular weight excluding hydrogens is 226 g/mol. The molecule has 0 amide bonds. The number of halogens is 2. The molecule has 15 heavy (non-hydrogen) atoms. The van der Waals surface area contributed by atoms with E-state index in [-0.39, 0.29) is 6.61 Å². The first kappa shape index (κ1) is 12.8. The maximum absolute atomic E-state index is 12.3. The molecule has 90 valence electrons. The van der Waals surface area contributed by atoms with Crippen LogP contribution in [0.2, 0.25) is 0 Å². The molecule has 1 saturated carbocycles. The molecule has 0 bridgehead atoms. The van der Waals surface area contributed by atoms with Crippen LogP contribution in [-0.2, 0) is 14.6 Å². The normalized spacial score (nSPS) is 19.5. The van der Waals surface area contributed by atoms with E-state index < -0.39 is 20.3 Å². The van der Waals surface area contributed by atoms with Gasteiger partial charge < -0.3 is 4.74 Å². The van der Waals surface area contributed by atoms with Crippen LogP contribution in [0.4, 0.5) is 8.78 Å². The van der Waals surface area contributed by atoms with Gasteiger partial charge in [-0.1, -0.05) is 13.3 Å². The van der Waals surface area contributed by atoms with Gasteiger partial charge in [0.25, 0.3) is 0 Å². The minimum atomic E-state index is -4.31. The molecule has 0 aromatic rings. The van der Waals surface area contributed by atoms with Crippen molar-refractivity contribution in [2.45, 2.75) is 43.1 Å². The molecule has 0 saturated heterocycles. The third-order valence-corrected chi connectivity index (χ3v) is 4.86. The average molecular weight is 242 g/mol. The highest BCUT2D eigenvalue weighted by atomic mass is 32.2. The van der Waals surface area contributed by atoms with Crippen LogP contribution in [0.5, 0.6) is 0 Å². The first-order valence-electron chi connectivity index (χ1n) is 5.05. The van der Waals surface area contributed by atoms with E-state index in [2.05, 4.69) is 0 Å². The Kier molecular flexibility index (Phi) is 4.06. The number of alkyl halides is 2. The quantitative estimate of drug-likeness (QED) is 0.641. The molecule has 0 N–H and O–H groups in total. The Morgan fingerprint density at radius 2 is 2.00 bits per heavy atom. The van der Waals surface area contributed by atoms with Crippen LogP contribution in [-0.4, -0.2) is 32.1 Å². The summed E-state index contributed by atoms with van der Waals surface area (Å²) in [5.74, 6) is -3.28. The van der Waals surface area contributed by atoms with Gasteiger partial charge in [0, 0.05) is 6.61 Å². The maximum Gasteiger partial charge on any atom is 0.337 e. The number of ether oxygens (including phenoxy) is 1. The van der Waals surface area contributed by atoms with Gasteiger partial charge in [-0.3, -0.25) is 0 Å². The van der Waals surface area contributed by atoms with Gasteiger partial charge in [0.05, 0.1) is 6.61 Å². The molecule has 1 aliphatic carbocycles. The lowest BCUT2D eigenvalue weighted by Crippen LogP contribution is -2.33. The van der Waals surface area contributed by atoms with Gasteiger partial charge in [-0.05, 0) is 19.3 Å². The summed E-state index contributed by atoms with van der Waals surface area (Å²) in [7, 11) is -4.31. The van der Waals surface area contributed by atoms with Crippen LogP contribution in [0.1, 0.15) is 32.6 Å². The number of rotatable bonds is 7. The molecule has 1 rings (SSSR count). The lowest BCUT2D eigenvalue weighted by atomic mass is 10.3. The van der Waals surface area contributed by atoms with Crippen molar-refractivity contribution in [2.24, 2.45) is 0 Å². The SMILES string of the molecule is CCCCOCC1(S(=O)(=O)C(F)F)CC1. The van der Waals surface area contributed by atoms with Gasteiger partial charge in [0.15, 0.2) is 0 Å². The van der Waals surface area contributed by atoms with Gasteiger partial charge in [-0.15, -0.1) is 0 Å².